The second-order valence-electron chi connectivity index (χ2n) is 6.00. The standard InChI is InChI=1S/C20H15Br3N2O3/c1-11-2-3-13(9-16(11)22)20(27)25-24-18(26)10-28-17-7-4-12-8-14(21)5-6-15(12)19(17)23/h2-9H,10H2,1H3,(H,24,26)(H,25,27). The van der Waals surface area contributed by atoms with Gasteiger partial charge in [0.15, 0.2) is 6.61 Å². The third kappa shape index (κ3) is 4.92. The first-order chi connectivity index (χ1) is 13.3. The Morgan fingerprint density at radius 2 is 1.75 bits per heavy atom. The van der Waals surface area contributed by atoms with E-state index in [-0.39, 0.29) is 6.61 Å². The molecule has 0 unspecified atom stereocenters. The first-order valence-corrected chi connectivity index (χ1v) is 10.6. The smallest absolute Gasteiger partial charge is 0.276 e. The Balaban J connectivity index is 1.57. The number of fused-ring (bicyclic) bond motifs is 1. The summed E-state index contributed by atoms with van der Waals surface area (Å²) in [7, 11) is 0. The molecule has 0 fully saturated rings. The predicted molar refractivity (Wildman–Crippen MR) is 119 cm³/mol. The topological polar surface area (TPSA) is 67.4 Å². The van der Waals surface area contributed by atoms with E-state index in [9.17, 15) is 9.59 Å². The number of ether oxygens (including phenoxy) is 1. The van der Waals surface area contributed by atoms with E-state index < -0.39 is 11.8 Å². The molecule has 0 radical (unpaired) electrons. The van der Waals surface area contributed by atoms with Gasteiger partial charge in [-0.25, -0.2) is 0 Å². The maximum atomic E-state index is 12.1. The molecule has 0 aliphatic heterocycles. The molecule has 0 bridgehead atoms. The lowest BCUT2D eigenvalue weighted by atomic mass is 10.1. The fraction of sp³-hybridized carbons (Fsp3) is 0.100. The normalized spacial score (nSPS) is 10.6. The first kappa shape index (κ1) is 20.8. The van der Waals surface area contributed by atoms with Crippen molar-refractivity contribution < 1.29 is 14.3 Å². The third-order valence-electron chi connectivity index (χ3n) is 3.99. The number of amides is 2. The van der Waals surface area contributed by atoms with Crippen LogP contribution in [0.4, 0.5) is 0 Å². The van der Waals surface area contributed by atoms with E-state index in [1.807, 2.05) is 37.3 Å². The van der Waals surface area contributed by atoms with Crippen molar-refractivity contribution in [2.75, 3.05) is 6.61 Å². The van der Waals surface area contributed by atoms with Crippen LogP contribution in [0.2, 0.25) is 0 Å². The lowest BCUT2D eigenvalue weighted by molar-refractivity contribution is -0.123. The van der Waals surface area contributed by atoms with Crippen molar-refractivity contribution in [2.24, 2.45) is 0 Å². The summed E-state index contributed by atoms with van der Waals surface area (Å²) in [5, 5.41) is 2.01. The van der Waals surface area contributed by atoms with E-state index in [1.54, 1.807) is 18.2 Å². The zero-order valence-electron chi connectivity index (χ0n) is 14.7. The SMILES string of the molecule is Cc1ccc(C(=O)NNC(=O)COc2ccc3cc(Br)ccc3c2Br)cc1Br. The second kappa shape index (κ2) is 9.07. The van der Waals surface area contributed by atoms with Gasteiger partial charge in [-0.15, -0.1) is 0 Å². The number of nitrogens with one attached hydrogen (secondary N) is 2. The third-order valence-corrected chi connectivity index (χ3v) is 6.15. The number of carbonyl (C=O) groups excluding carboxylic acids is 2. The van der Waals surface area contributed by atoms with Crippen molar-refractivity contribution in [3.63, 3.8) is 0 Å². The van der Waals surface area contributed by atoms with Crippen LogP contribution in [0.15, 0.2) is 61.9 Å². The summed E-state index contributed by atoms with van der Waals surface area (Å²) in [5.41, 5.74) is 6.17. The Morgan fingerprint density at radius 1 is 0.964 bits per heavy atom. The summed E-state index contributed by atoms with van der Waals surface area (Å²) < 4.78 is 8.15. The van der Waals surface area contributed by atoms with Crippen LogP contribution in [0.5, 0.6) is 5.75 Å². The highest BCUT2D eigenvalue weighted by Gasteiger charge is 2.11. The van der Waals surface area contributed by atoms with Crippen LogP contribution in [0.1, 0.15) is 15.9 Å². The van der Waals surface area contributed by atoms with Crippen molar-refractivity contribution in [3.05, 3.63) is 73.1 Å². The molecule has 0 aliphatic rings. The van der Waals surface area contributed by atoms with Crippen LogP contribution in [-0.4, -0.2) is 18.4 Å². The Morgan fingerprint density at radius 3 is 2.50 bits per heavy atom. The highest BCUT2D eigenvalue weighted by Crippen LogP contribution is 2.34. The molecule has 144 valence electrons. The highest BCUT2D eigenvalue weighted by atomic mass is 79.9. The summed E-state index contributed by atoms with van der Waals surface area (Å²) in [6.07, 6.45) is 0. The molecule has 0 heterocycles. The number of carbonyl (C=O) groups is 2. The molecule has 5 nitrogen and oxygen atoms in total. The minimum absolute atomic E-state index is 0.238. The van der Waals surface area contributed by atoms with E-state index in [0.717, 1.165) is 29.8 Å². The van der Waals surface area contributed by atoms with Crippen LogP contribution in [-0.2, 0) is 4.79 Å². The van der Waals surface area contributed by atoms with Gasteiger partial charge in [-0.05, 0) is 69.5 Å². The van der Waals surface area contributed by atoms with Gasteiger partial charge < -0.3 is 4.74 Å². The summed E-state index contributed by atoms with van der Waals surface area (Å²) >= 11 is 10.3. The lowest BCUT2D eigenvalue weighted by Crippen LogP contribution is -2.43. The largest absolute Gasteiger partial charge is 0.483 e. The van der Waals surface area contributed by atoms with Crippen molar-refractivity contribution in [3.8, 4) is 5.75 Å². The molecule has 0 saturated heterocycles. The van der Waals surface area contributed by atoms with Gasteiger partial charge in [-0.2, -0.15) is 0 Å². The molecule has 0 aliphatic carbocycles. The first-order valence-electron chi connectivity index (χ1n) is 8.21. The molecule has 8 heteroatoms. The quantitative estimate of drug-likeness (QED) is 0.420. The van der Waals surface area contributed by atoms with Crippen molar-refractivity contribution >= 4 is 70.4 Å². The van der Waals surface area contributed by atoms with Gasteiger partial charge in [-0.3, -0.25) is 20.4 Å². The van der Waals surface area contributed by atoms with E-state index in [2.05, 4.69) is 58.6 Å². The molecule has 0 saturated carbocycles. The number of hydrogen-bond acceptors (Lipinski definition) is 3. The van der Waals surface area contributed by atoms with Crippen LogP contribution in [0.25, 0.3) is 10.8 Å². The Labute approximate surface area is 187 Å². The molecule has 3 aromatic rings. The molecule has 0 spiro atoms. The minimum atomic E-state index is -0.470. The molecule has 28 heavy (non-hydrogen) atoms. The zero-order valence-corrected chi connectivity index (χ0v) is 19.4. The molecule has 3 aromatic carbocycles. The summed E-state index contributed by atoms with van der Waals surface area (Å²) in [4.78, 5) is 24.1. The van der Waals surface area contributed by atoms with E-state index >= 15 is 0 Å². The second-order valence-corrected chi connectivity index (χ2v) is 8.56. The Hall–Kier alpha value is -1.90. The highest BCUT2D eigenvalue weighted by molar-refractivity contribution is 9.11. The number of rotatable bonds is 4. The van der Waals surface area contributed by atoms with Crippen LogP contribution in [0.3, 0.4) is 0 Å². The molecule has 0 atom stereocenters. The monoisotopic (exact) mass is 568 g/mol. The molecule has 0 aromatic heterocycles. The fourth-order valence-electron chi connectivity index (χ4n) is 2.47. The van der Waals surface area contributed by atoms with E-state index in [4.69, 9.17) is 4.74 Å². The fourth-order valence-corrected chi connectivity index (χ4v) is 3.83. The van der Waals surface area contributed by atoms with E-state index in [1.165, 1.54) is 0 Å². The number of benzene rings is 3. The predicted octanol–water partition coefficient (Wildman–Crippen LogP) is 5.28. The van der Waals surface area contributed by atoms with Gasteiger partial charge in [-0.1, -0.05) is 50.1 Å². The van der Waals surface area contributed by atoms with Gasteiger partial charge in [0.05, 0.1) is 4.47 Å². The van der Waals surface area contributed by atoms with Crippen LogP contribution < -0.4 is 15.6 Å². The number of hydrogen-bond donors (Lipinski definition) is 2. The summed E-state index contributed by atoms with van der Waals surface area (Å²) in [6.45, 7) is 1.69. The van der Waals surface area contributed by atoms with Gasteiger partial charge in [0, 0.05) is 14.5 Å². The van der Waals surface area contributed by atoms with E-state index in [0.29, 0.717) is 11.3 Å². The molecular formula is C20H15Br3N2O3. The minimum Gasteiger partial charge on any atom is -0.483 e. The summed E-state index contributed by atoms with van der Waals surface area (Å²) in [5.74, 6) is -0.340. The van der Waals surface area contributed by atoms with Crippen molar-refractivity contribution in [2.45, 2.75) is 6.92 Å². The maximum Gasteiger partial charge on any atom is 0.276 e. The summed E-state index contributed by atoms with van der Waals surface area (Å²) in [6, 6.07) is 14.8. The number of aryl methyl sites for hydroxylation is 1. The Kier molecular flexibility index (Phi) is 6.74. The zero-order chi connectivity index (χ0) is 20.3. The molecule has 2 amide bonds. The molecular weight excluding hydrogens is 556 g/mol. The van der Waals surface area contributed by atoms with Crippen molar-refractivity contribution in [1.29, 1.82) is 0 Å². The average Bonchev–Trinajstić information content (AvgIpc) is 2.67. The van der Waals surface area contributed by atoms with Gasteiger partial charge >= 0.3 is 0 Å². The van der Waals surface area contributed by atoms with Crippen LogP contribution in [0, 0.1) is 6.92 Å². The van der Waals surface area contributed by atoms with Crippen LogP contribution >= 0.6 is 47.8 Å². The average molecular weight is 571 g/mol. The number of halogens is 3. The van der Waals surface area contributed by atoms with Gasteiger partial charge in [0.1, 0.15) is 5.75 Å². The van der Waals surface area contributed by atoms with Gasteiger partial charge in [0.2, 0.25) is 0 Å². The Bertz CT molecular complexity index is 1070. The lowest BCUT2D eigenvalue weighted by Gasteiger charge is -2.12. The number of hydrazine groups is 1. The maximum absolute atomic E-state index is 12.1. The molecule has 2 N–H and O–H groups in total. The van der Waals surface area contributed by atoms with Gasteiger partial charge in [0.25, 0.3) is 11.8 Å². The molecule has 3 rings (SSSR count). The van der Waals surface area contributed by atoms with Crippen molar-refractivity contribution in [1.82, 2.24) is 10.9 Å².